The summed E-state index contributed by atoms with van der Waals surface area (Å²) in [5.41, 5.74) is 2.64. The van der Waals surface area contributed by atoms with Crippen molar-refractivity contribution in [3.8, 4) is 5.75 Å². The number of likely N-dealkylation sites (N-methyl/N-ethyl adjacent to an activating group) is 1. The molecule has 0 spiro atoms. The molecule has 2 nitrogen and oxygen atoms in total. The summed E-state index contributed by atoms with van der Waals surface area (Å²) < 4.78 is 5.23. The number of fused-ring (bicyclic) bond motifs is 1. The molecule has 2 heteroatoms. The Morgan fingerprint density at radius 2 is 1.64 bits per heavy atom. The number of nitrogens with one attached hydrogen (secondary N) is 1. The minimum Gasteiger partial charge on any atom is -0.497 e. The normalized spacial score (nSPS) is 12.3. The summed E-state index contributed by atoms with van der Waals surface area (Å²) >= 11 is 0. The number of hydrogen-bond donors (Lipinski definition) is 1. The van der Waals surface area contributed by atoms with Crippen molar-refractivity contribution in [3.05, 3.63) is 77.9 Å². The van der Waals surface area contributed by atoms with Crippen LogP contribution in [0.3, 0.4) is 0 Å². The second kappa shape index (κ2) is 6.63. The van der Waals surface area contributed by atoms with Crippen LogP contribution in [0.4, 0.5) is 0 Å². The van der Waals surface area contributed by atoms with Crippen LogP contribution in [0.25, 0.3) is 10.8 Å². The van der Waals surface area contributed by atoms with E-state index >= 15 is 0 Å². The molecule has 0 bridgehead atoms. The molecule has 0 saturated heterocycles. The van der Waals surface area contributed by atoms with Gasteiger partial charge < -0.3 is 10.1 Å². The molecule has 0 aromatic heterocycles. The van der Waals surface area contributed by atoms with E-state index in [-0.39, 0.29) is 0 Å². The van der Waals surface area contributed by atoms with Gasteiger partial charge in [-0.05, 0) is 47.5 Å². The van der Waals surface area contributed by atoms with E-state index in [1.807, 2.05) is 19.2 Å². The molecule has 3 aromatic carbocycles. The van der Waals surface area contributed by atoms with Crippen LogP contribution >= 0.6 is 0 Å². The maximum absolute atomic E-state index is 5.23. The summed E-state index contributed by atoms with van der Waals surface area (Å²) in [6.45, 7) is 0. The Morgan fingerprint density at radius 1 is 0.909 bits per heavy atom. The molecule has 0 aliphatic heterocycles. The van der Waals surface area contributed by atoms with Crippen LogP contribution in [0.15, 0.2) is 66.7 Å². The van der Waals surface area contributed by atoms with Gasteiger partial charge in [0.15, 0.2) is 0 Å². The first-order chi connectivity index (χ1) is 10.8. The Kier molecular flexibility index (Phi) is 4.40. The van der Waals surface area contributed by atoms with Crippen LogP contribution in [-0.4, -0.2) is 14.2 Å². The van der Waals surface area contributed by atoms with Gasteiger partial charge in [-0.2, -0.15) is 0 Å². The van der Waals surface area contributed by atoms with Gasteiger partial charge >= 0.3 is 0 Å². The summed E-state index contributed by atoms with van der Waals surface area (Å²) in [5, 5.41) is 6.06. The Balaban J connectivity index is 1.92. The first-order valence-electron chi connectivity index (χ1n) is 7.59. The molecule has 1 N–H and O–H groups in total. The van der Waals surface area contributed by atoms with Crippen LogP contribution in [0, 0.1) is 0 Å². The Labute approximate surface area is 131 Å². The second-order valence-electron chi connectivity index (χ2n) is 5.46. The van der Waals surface area contributed by atoms with Gasteiger partial charge in [0.1, 0.15) is 5.75 Å². The molecule has 22 heavy (non-hydrogen) atoms. The van der Waals surface area contributed by atoms with Gasteiger partial charge in [0.25, 0.3) is 0 Å². The smallest absolute Gasteiger partial charge is 0.118 e. The Morgan fingerprint density at radius 3 is 2.36 bits per heavy atom. The highest BCUT2D eigenvalue weighted by atomic mass is 16.5. The molecule has 0 radical (unpaired) electrons. The van der Waals surface area contributed by atoms with Crippen LogP contribution in [-0.2, 0) is 6.42 Å². The van der Waals surface area contributed by atoms with Crippen LogP contribution < -0.4 is 10.1 Å². The minimum atomic E-state index is 0.291. The molecule has 3 aromatic rings. The third-order valence-electron chi connectivity index (χ3n) is 4.15. The van der Waals surface area contributed by atoms with Crippen LogP contribution in [0.2, 0.25) is 0 Å². The topological polar surface area (TPSA) is 21.3 Å². The largest absolute Gasteiger partial charge is 0.497 e. The molecule has 0 aliphatic rings. The molecule has 0 amide bonds. The third-order valence-corrected chi connectivity index (χ3v) is 4.15. The van der Waals surface area contributed by atoms with Crippen molar-refractivity contribution in [3.63, 3.8) is 0 Å². The van der Waals surface area contributed by atoms with Crippen molar-refractivity contribution in [1.29, 1.82) is 0 Å². The molecule has 0 aliphatic carbocycles. The lowest BCUT2D eigenvalue weighted by atomic mass is 9.94. The lowest BCUT2D eigenvalue weighted by Crippen LogP contribution is -2.19. The fraction of sp³-hybridized carbons (Fsp3) is 0.200. The molecule has 0 saturated carbocycles. The van der Waals surface area contributed by atoms with E-state index in [9.17, 15) is 0 Å². The van der Waals surface area contributed by atoms with Gasteiger partial charge in [0.2, 0.25) is 0 Å². The van der Waals surface area contributed by atoms with E-state index in [1.165, 1.54) is 21.9 Å². The first kappa shape index (κ1) is 14.6. The van der Waals surface area contributed by atoms with Crippen molar-refractivity contribution in [2.45, 2.75) is 12.5 Å². The van der Waals surface area contributed by atoms with E-state index in [0.717, 1.165) is 12.2 Å². The van der Waals surface area contributed by atoms with Crippen molar-refractivity contribution >= 4 is 10.8 Å². The van der Waals surface area contributed by atoms with Gasteiger partial charge in [-0.15, -0.1) is 0 Å². The average Bonchev–Trinajstić information content (AvgIpc) is 2.60. The fourth-order valence-electron chi connectivity index (χ4n) is 2.92. The van der Waals surface area contributed by atoms with E-state index in [0.29, 0.717) is 6.04 Å². The van der Waals surface area contributed by atoms with E-state index in [1.54, 1.807) is 7.11 Å². The standard InChI is InChI=1S/C20H21NO/c1-21-20(14-15-10-12-17(22-2)13-11-15)19-9-5-7-16-6-3-4-8-18(16)19/h3-13,20-21H,14H2,1-2H3. The number of methoxy groups -OCH3 is 1. The summed E-state index contributed by atoms with van der Waals surface area (Å²) in [6, 6.07) is 23.7. The van der Waals surface area contributed by atoms with E-state index in [4.69, 9.17) is 4.74 Å². The highest BCUT2D eigenvalue weighted by Crippen LogP contribution is 2.27. The monoisotopic (exact) mass is 291 g/mol. The van der Waals surface area contributed by atoms with Gasteiger partial charge in [-0.25, -0.2) is 0 Å². The van der Waals surface area contributed by atoms with E-state index < -0.39 is 0 Å². The maximum Gasteiger partial charge on any atom is 0.118 e. The van der Waals surface area contributed by atoms with Gasteiger partial charge in [0.05, 0.1) is 7.11 Å². The highest BCUT2D eigenvalue weighted by Gasteiger charge is 2.13. The number of ether oxygens (including phenoxy) is 1. The maximum atomic E-state index is 5.23. The average molecular weight is 291 g/mol. The fourth-order valence-corrected chi connectivity index (χ4v) is 2.92. The Bertz CT molecular complexity index is 744. The van der Waals surface area contributed by atoms with Crippen molar-refractivity contribution in [2.24, 2.45) is 0 Å². The zero-order chi connectivity index (χ0) is 15.4. The van der Waals surface area contributed by atoms with Crippen molar-refractivity contribution in [1.82, 2.24) is 5.32 Å². The molecular formula is C20H21NO. The molecule has 0 fully saturated rings. The third kappa shape index (κ3) is 2.97. The lowest BCUT2D eigenvalue weighted by Gasteiger charge is -2.19. The molecule has 0 heterocycles. The molecule has 1 unspecified atom stereocenters. The van der Waals surface area contributed by atoms with E-state index in [2.05, 4.69) is 59.9 Å². The van der Waals surface area contributed by atoms with Crippen molar-refractivity contribution < 1.29 is 4.74 Å². The van der Waals surface area contributed by atoms with Gasteiger partial charge in [-0.3, -0.25) is 0 Å². The van der Waals surface area contributed by atoms with Crippen LogP contribution in [0.5, 0.6) is 5.75 Å². The summed E-state index contributed by atoms with van der Waals surface area (Å²) in [7, 11) is 3.72. The summed E-state index contributed by atoms with van der Waals surface area (Å²) in [6.07, 6.45) is 0.953. The molecule has 112 valence electrons. The zero-order valence-electron chi connectivity index (χ0n) is 13.0. The lowest BCUT2D eigenvalue weighted by molar-refractivity contribution is 0.414. The summed E-state index contributed by atoms with van der Waals surface area (Å²) in [4.78, 5) is 0. The minimum absolute atomic E-state index is 0.291. The predicted octanol–water partition coefficient (Wildman–Crippen LogP) is 4.35. The Hall–Kier alpha value is -2.32. The molecular weight excluding hydrogens is 270 g/mol. The highest BCUT2D eigenvalue weighted by molar-refractivity contribution is 5.86. The number of benzene rings is 3. The molecule has 1 atom stereocenters. The van der Waals surface area contributed by atoms with Crippen molar-refractivity contribution in [2.75, 3.05) is 14.2 Å². The van der Waals surface area contributed by atoms with Gasteiger partial charge in [0, 0.05) is 6.04 Å². The van der Waals surface area contributed by atoms with Crippen LogP contribution in [0.1, 0.15) is 17.2 Å². The number of hydrogen-bond acceptors (Lipinski definition) is 2. The second-order valence-corrected chi connectivity index (χ2v) is 5.46. The quantitative estimate of drug-likeness (QED) is 0.754. The molecule has 3 rings (SSSR count). The summed E-state index contributed by atoms with van der Waals surface area (Å²) in [5.74, 6) is 0.898. The van der Waals surface area contributed by atoms with Gasteiger partial charge in [-0.1, -0.05) is 54.6 Å². The SMILES string of the molecule is CNC(Cc1ccc(OC)cc1)c1cccc2ccccc12. The predicted molar refractivity (Wildman–Crippen MR) is 92.4 cm³/mol. The first-order valence-corrected chi connectivity index (χ1v) is 7.59. The zero-order valence-corrected chi connectivity index (χ0v) is 13.0. The number of rotatable bonds is 5.